The van der Waals surface area contributed by atoms with Crippen molar-refractivity contribution in [2.24, 2.45) is 0 Å². The number of nitro groups is 1. The molecule has 0 N–H and O–H groups in total. The predicted molar refractivity (Wildman–Crippen MR) is 78.0 cm³/mol. The molecule has 1 fully saturated rings. The molecule has 2 aromatic rings. The third kappa shape index (κ3) is 2.31. The number of rotatable bonds is 4. The molecule has 0 bridgehead atoms. The number of halogens is 2. The summed E-state index contributed by atoms with van der Waals surface area (Å²) < 4.78 is 1.98. The molecule has 20 heavy (non-hydrogen) atoms. The van der Waals surface area contributed by atoms with Crippen molar-refractivity contribution in [1.82, 2.24) is 14.8 Å². The highest BCUT2D eigenvalue weighted by Crippen LogP contribution is 2.41. The third-order valence-electron chi connectivity index (χ3n) is 3.20. The largest absolute Gasteiger partial charge is 0.307 e. The van der Waals surface area contributed by atoms with E-state index in [0.717, 1.165) is 18.7 Å². The van der Waals surface area contributed by atoms with Gasteiger partial charge in [-0.15, -0.1) is 10.2 Å². The van der Waals surface area contributed by atoms with E-state index >= 15 is 0 Å². The average Bonchev–Trinajstić information content (AvgIpc) is 3.18. The fourth-order valence-corrected chi connectivity index (χ4v) is 2.71. The van der Waals surface area contributed by atoms with Gasteiger partial charge in [0.05, 0.1) is 15.8 Å². The van der Waals surface area contributed by atoms with Crippen LogP contribution in [0.4, 0.5) is 5.69 Å². The lowest BCUT2D eigenvalue weighted by Gasteiger charge is -2.08. The van der Waals surface area contributed by atoms with E-state index in [2.05, 4.69) is 26.1 Å². The number of alkyl halides is 1. The van der Waals surface area contributed by atoms with Crippen LogP contribution < -0.4 is 0 Å². The Labute approximate surface area is 128 Å². The van der Waals surface area contributed by atoms with Crippen LogP contribution in [0.2, 0.25) is 5.02 Å². The molecule has 1 aromatic carbocycles. The van der Waals surface area contributed by atoms with Crippen molar-refractivity contribution in [2.45, 2.75) is 24.2 Å². The maximum atomic E-state index is 11.2. The first-order chi connectivity index (χ1) is 9.61. The molecule has 0 radical (unpaired) electrons. The Hall–Kier alpha value is -1.47. The summed E-state index contributed by atoms with van der Waals surface area (Å²) in [5.74, 6) is 1.32. The van der Waals surface area contributed by atoms with Gasteiger partial charge in [0, 0.05) is 17.1 Å². The Balaban J connectivity index is 2.18. The molecule has 1 saturated carbocycles. The van der Waals surface area contributed by atoms with Gasteiger partial charge in [0.2, 0.25) is 0 Å². The standard InChI is InChI=1S/C12H10BrClN4O2/c13-6-11-15-16-12(17(11)8-2-3-8)9-4-1-7(14)5-10(9)18(19)20/h1,4-5,8H,2-3,6H2. The smallest absolute Gasteiger partial charge is 0.281 e. The molecular formula is C12H10BrClN4O2. The molecule has 104 valence electrons. The van der Waals surface area contributed by atoms with Crippen LogP contribution in [-0.4, -0.2) is 19.7 Å². The van der Waals surface area contributed by atoms with Gasteiger partial charge in [-0.25, -0.2) is 0 Å². The second-order valence-electron chi connectivity index (χ2n) is 4.59. The Morgan fingerprint density at radius 2 is 2.20 bits per heavy atom. The van der Waals surface area contributed by atoms with E-state index in [4.69, 9.17) is 11.6 Å². The number of hydrogen-bond donors (Lipinski definition) is 0. The van der Waals surface area contributed by atoms with Crippen molar-refractivity contribution in [3.63, 3.8) is 0 Å². The number of nitro benzene ring substituents is 1. The zero-order valence-electron chi connectivity index (χ0n) is 10.3. The van der Waals surface area contributed by atoms with Gasteiger partial charge in [-0.2, -0.15) is 0 Å². The summed E-state index contributed by atoms with van der Waals surface area (Å²) in [4.78, 5) is 10.8. The highest BCUT2D eigenvalue weighted by molar-refractivity contribution is 9.08. The maximum Gasteiger partial charge on any atom is 0.281 e. The first-order valence-corrected chi connectivity index (χ1v) is 7.56. The van der Waals surface area contributed by atoms with Crippen LogP contribution in [0.3, 0.4) is 0 Å². The third-order valence-corrected chi connectivity index (χ3v) is 3.93. The second-order valence-corrected chi connectivity index (χ2v) is 5.59. The van der Waals surface area contributed by atoms with Crippen molar-refractivity contribution in [3.05, 3.63) is 39.2 Å². The minimum Gasteiger partial charge on any atom is -0.307 e. The van der Waals surface area contributed by atoms with Crippen LogP contribution in [0.25, 0.3) is 11.4 Å². The quantitative estimate of drug-likeness (QED) is 0.474. The van der Waals surface area contributed by atoms with E-state index in [-0.39, 0.29) is 5.69 Å². The number of benzene rings is 1. The minimum atomic E-state index is -0.444. The summed E-state index contributed by atoms with van der Waals surface area (Å²) in [5.41, 5.74) is 0.402. The molecule has 1 heterocycles. The first kappa shape index (κ1) is 13.5. The van der Waals surface area contributed by atoms with Crippen LogP contribution >= 0.6 is 27.5 Å². The second kappa shape index (κ2) is 5.14. The van der Waals surface area contributed by atoms with Crippen molar-refractivity contribution in [3.8, 4) is 11.4 Å². The topological polar surface area (TPSA) is 73.8 Å². The SMILES string of the molecule is O=[N+]([O-])c1cc(Cl)ccc1-c1nnc(CBr)n1C1CC1. The fourth-order valence-electron chi connectivity index (χ4n) is 2.16. The monoisotopic (exact) mass is 356 g/mol. The van der Waals surface area contributed by atoms with Gasteiger partial charge in [-0.05, 0) is 25.0 Å². The molecule has 0 spiro atoms. The molecule has 0 unspecified atom stereocenters. The normalized spacial score (nSPS) is 14.5. The molecule has 0 aliphatic heterocycles. The Morgan fingerprint density at radius 1 is 1.45 bits per heavy atom. The summed E-state index contributed by atoms with van der Waals surface area (Å²) >= 11 is 9.21. The lowest BCUT2D eigenvalue weighted by molar-refractivity contribution is -0.384. The summed E-state index contributed by atoms with van der Waals surface area (Å²) in [5, 5.41) is 20.3. The van der Waals surface area contributed by atoms with Crippen LogP contribution in [0.5, 0.6) is 0 Å². The Bertz CT molecular complexity index is 684. The molecular weight excluding hydrogens is 348 g/mol. The van der Waals surface area contributed by atoms with E-state index in [1.54, 1.807) is 12.1 Å². The fraction of sp³-hybridized carbons (Fsp3) is 0.333. The van der Waals surface area contributed by atoms with Gasteiger partial charge in [0.25, 0.3) is 5.69 Å². The van der Waals surface area contributed by atoms with E-state index in [0.29, 0.717) is 27.8 Å². The van der Waals surface area contributed by atoms with Crippen LogP contribution in [0.15, 0.2) is 18.2 Å². The molecule has 1 aliphatic rings. The van der Waals surface area contributed by atoms with Gasteiger partial charge in [-0.3, -0.25) is 10.1 Å². The van der Waals surface area contributed by atoms with E-state index in [9.17, 15) is 10.1 Å². The van der Waals surface area contributed by atoms with Gasteiger partial charge >= 0.3 is 0 Å². The van der Waals surface area contributed by atoms with Crippen molar-refractivity contribution in [2.75, 3.05) is 0 Å². The minimum absolute atomic E-state index is 0.0482. The van der Waals surface area contributed by atoms with E-state index < -0.39 is 4.92 Å². The van der Waals surface area contributed by atoms with Crippen molar-refractivity contribution in [1.29, 1.82) is 0 Å². The molecule has 0 saturated heterocycles. The average molecular weight is 358 g/mol. The molecule has 8 heteroatoms. The highest BCUT2D eigenvalue weighted by Gasteiger charge is 2.31. The zero-order chi connectivity index (χ0) is 14.3. The molecule has 0 atom stereocenters. The van der Waals surface area contributed by atoms with Crippen LogP contribution in [0.1, 0.15) is 24.7 Å². The van der Waals surface area contributed by atoms with Crippen molar-refractivity contribution >= 4 is 33.2 Å². The lowest BCUT2D eigenvalue weighted by Crippen LogP contribution is -2.03. The van der Waals surface area contributed by atoms with Gasteiger partial charge < -0.3 is 4.57 Å². The summed E-state index contributed by atoms with van der Waals surface area (Å²) in [7, 11) is 0. The number of hydrogen-bond acceptors (Lipinski definition) is 4. The Kier molecular flexibility index (Phi) is 3.47. The van der Waals surface area contributed by atoms with Crippen LogP contribution in [-0.2, 0) is 5.33 Å². The molecule has 0 amide bonds. The zero-order valence-corrected chi connectivity index (χ0v) is 12.6. The Morgan fingerprint density at radius 3 is 2.80 bits per heavy atom. The molecule has 3 rings (SSSR count). The summed E-state index contributed by atoms with van der Waals surface area (Å²) in [6, 6.07) is 4.93. The van der Waals surface area contributed by atoms with Gasteiger partial charge in [0.1, 0.15) is 5.82 Å². The lowest BCUT2D eigenvalue weighted by atomic mass is 10.1. The van der Waals surface area contributed by atoms with E-state index in [1.807, 2.05) is 4.57 Å². The summed E-state index contributed by atoms with van der Waals surface area (Å²) in [6.07, 6.45) is 2.10. The predicted octanol–water partition coefficient (Wildman–Crippen LogP) is 3.74. The van der Waals surface area contributed by atoms with Gasteiger partial charge in [-0.1, -0.05) is 27.5 Å². The van der Waals surface area contributed by atoms with Crippen molar-refractivity contribution < 1.29 is 4.92 Å². The highest BCUT2D eigenvalue weighted by atomic mass is 79.9. The first-order valence-electron chi connectivity index (χ1n) is 6.06. The molecule has 6 nitrogen and oxygen atoms in total. The maximum absolute atomic E-state index is 11.2. The van der Waals surface area contributed by atoms with Crippen LogP contribution in [0, 0.1) is 10.1 Å². The van der Waals surface area contributed by atoms with Gasteiger partial charge in [0.15, 0.2) is 5.82 Å². The summed E-state index contributed by atoms with van der Waals surface area (Å²) in [6.45, 7) is 0. The molecule has 1 aliphatic carbocycles. The van der Waals surface area contributed by atoms with E-state index in [1.165, 1.54) is 6.07 Å². The number of aromatic nitrogens is 3. The molecule has 1 aromatic heterocycles. The number of nitrogens with zero attached hydrogens (tertiary/aromatic N) is 4.